The van der Waals surface area contributed by atoms with Gasteiger partial charge in [0.1, 0.15) is 17.1 Å². The van der Waals surface area contributed by atoms with Gasteiger partial charge in [-0.25, -0.2) is 0 Å². The topological polar surface area (TPSA) is 203 Å². The first-order valence-corrected chi connectivity index (χ1v) is 12.9. The quantitative estimate of drug-likeness (QED) is 0.132. The zero-order valence-corrected chi connectivity index (χ0v) is 23.3. The molecule has 218 valence electrons. The van der Waals surface area contributed by atoms with E-state index in [2.05, 4.69) is 10.6 Å². The summed E-state index contributed by atoms with van der Waals surface area (Å²) in [5.41, 5.74) is 1.83. The van der Waals surface area contributed by atoms with Gasteiger partial charge in [0.05, 0.1) is 23.8 Å². The average Bonchev–Trinajstić information content (AvgIpc) is 2.85. The van der Waals surface area contributed by atoms with Crippen LogP contribution < -0.4 is 16.4 Å². The summed E-state index contributed by atoms with van der Waals surface area (Å²) in [5.74, 6) is -7.60. The third kappa shape index (κ3) is 4.85. The van der Waals surface area contributed by atoms with Crippen molar-refractivity contribution in [3.05, 3.63) is 45.9 Å². The number of anilines is 1. The molecule has 0 bridgehead atoms. The number of aliphatic hydroxyl groups excluding tert-OH is 2. The van der Waals surface area contributed by atoms with Crippen LogP contribution in [0, 0.1) is 11.8 Å². The largest absolute Gasteiger partial charge is 0.510 e. The Kier molecular flexibility index (Phi) is 8.99. The van der Waals surface area contributed by atoms with Crippen LogP contribution in [0.25, 0.3) is 0 Å². The maximum absolute atomic E-state index is 13.7. The monoisotopic (exact) mass is 578 g/mol. The first kappa shape index (κ1) is 31.1. The minimum atomic E-state index is -2.70. The second-order valence-electron chi connectivity index (χ2n) is 10.5. The van der Waals surface area contributed by atoms with E-state index in [-0.39, 0.29) is 48.6 Å². The Hall–Kier alpha value is -3.45. The van der Waals surface area contributed by atoms with Crippen LogP contribution in [0.5, 0.6) is 5.75 Å². The van der Waals surface area contributed by atoms with Gasteiger partial charge in [-0.1, -0.05) is 19.4 Å². The van der Waals surface area contributed by atoms with Gasteiger partial charge in [0.2, 0.25) is 11.7 Å². The molecule has 0 aromatic heterocycles. The van der Waals surface area contributed by atoms with E-state index in [0.717, 1.165) is 12.8 Å². The first-order chi connectivity index (χ1) is 18.4. The Morgan fingerprint density at radius 3 is 2.45 bits per heavy atom. The van der Waals surface area contributed by atoms with E-state index in [1.807, 2.05) is 6.92 Å². The van der Waals surface area contributed by atoms with Gasteiger partial charge in [-0.15, -0.1) is 12.4 Å². The van der Waals surface area contributed by atoms with Gasteiger partial charge in [-0.05, 0) is 57.5 Å². The average molecular weight is 579 g/mol. The standard InChI is InChI=1S/C27H34N4O8.ClH/c1-4-5-8-29-11-16(32)30-15-7-6-12-9-13-10-14-20(31(2)3)23(35)19(26(28)38)25(37)27(14,39)24(36)18(13)22(34)17(12)21(15)33;/h6-7,13-14,20,29,33,35-36,39H,4-5,8-11H2,1-3H3,(H2,28,38)(H,30,32);1H/t13?,14?,20-,27?;/m0./s1. The number of fused-ring (bicyclic) bond motifs is 3. The normalized spacial score (nSPS) is 25.7. The molecule has 0 heterocycles. The number of carbonyl (C=O) groups excluding carboxylic acids is 4. The number of aliphatic hydroxyl groups is 3. The molecule has 4 atom stereocenters. The summed E-state index contributed by atoms with van der Waals surface area (Å²) in [6, 6.07) is 2.03. The molecule has 0 fully saturated rings. The molecule has 1 aromatic carbocycles. The van der Waals surface area contributed by atoms with Crippen molar-refractivity contribution >= 4 is 41.5 Å². The summed E-state index contributed by atoms with van der Waals surface area (Å²) < 4.78 is 0. The zero-order chi connectivity index (χ0) is 28.8. The molecule has 13 heteroatoms. The number of nitrogens with two attached hydrogens (primary N) is 1. The summed E-state index contributed by atoms with van der Waals surface area (Å²) in [7, 11) is 3.14. The predicted molar refractivity (Wildman–Crippen MR) is 147 cm³/mol. The number of Topliss-reactive ketones (excluding diaryl/α,β-unsaturated/α-hetero) is 2. The molecule has 0 saturated heterocycles. The number of nitrogens with one attached hydrogen (secondary N) is 2. The van der Waals surface area contributed by atoms with Crippen molar-refractivity contribution in [2.24, 2.45) is 17.6 Å². The highest BCUT2D eigenvalue weighted by molar-refractivity contribution is 6.25. The van der Waals surface area contributed by atoms with Crippen LogP contribution in [0.1, 0.15) is 42.1 Å². The molecule has 2 amide bonds. The number of hydrogen-bond donors (Lipinski definition) is 7. The molecule has 0 saturated carbocycles. The number of allylic oxidation sites excluding steroid dienone is 1. The van der Waals surface area contributed by atoms with Crippen molar-refractivity contribution in [3.63, 3.8) is 0 Å². The fraction of sp³-hybridized carbons (Fsp3) is 0.481. The number of benzene rings is 1. The van der Waals surface area contributed by atoms with Gasteiger partial charge < -0.3 is 36.8 Å². The van der Waals surface area contributed by atoms with E-state index in [9.17, 15) is 39.6 Å². The smallest absolute Gasteiger partial charge is 0.255 e. The highest BCUT2D eigenvalue weighted by Gasteiger charge is 2.63. The molecule has 3 unspecified atom stereocenters. The summed E-state index contributed by atoms with van der Waals surface area (Å²) in [6.45, 7) is 2.68. The van der Waals surface area contributed by atoms with E-state index in [1.54, 1.807) is 20.2 Å². The van der Waals surface area contributed by atoms with E-state index in [1.165, 1.54) is 11.0 Å². The number of hydrogen-bond acceptors (Lipinski definition) is 10. The van der Waals surface area contributed by atoms with E-state index in [4.69, 9.17) is 5.73 Å². The van der Waals surface area contributed by atoms with Crippen LogP contribution in [-0.4, -0.2) is 87.5 Å². The number of rotatable bonds is 8. The lowest BCUT2D eigenvalue weighted by molar-refractivity contribution is -0.148. The van der Waals surface area contributed by atoms with Crippen LogP contribution >= 0.6 is 12.4 Å². The molecular formula is C27H35ClN4O8. The van der Waals surface area contributed by atoms with Gasteiger partial charge in [0, 0.05) is 11.5 Å². The number of nitrogens with zero attached hydrogens (tertiary/aromatic N) is 1. The molecule has 3 aliphatic rings. The zero-order valence-electron chi connectivity index (χ0n) is 22.5. The molecule has 1 aromatic rings. The number of likely N-dealkylation sites (N-methyl/N-ethyl adjacent to an activating group) is 1. The Morgan fingerprint density at radius 2 is 1.85 bits per heavy atom. The number of unbranched alkanes of at least 4 members (excludes halogenated alkanes) is 1. The number of ketones is 2. The maximum Gasteiger partial charge on any atom is 0.255 e. The first-order valence-electron chi connectivity index (χ1n) is 12.9. The SMILES string of the molecule is CCCCNCC(=O)Nc1ccc2c(c1O)C(=O)C1=C(O)C3(O)C(=O)C(C(N)=O)=C(O)[C@@H](N(C)C)C3CC1C2.Cl. The Morgan fingerprint density at radius 1 is 1.18 bits per heavy atom. The molecule has 0 spiro atoms. The van der Waals surface area contributed by atoms with Gasteiger partial charge in [0.25, 0.3) is 5.91 Å². The summed E-state index contributed by atoms with van der Waals surface area (Å²) in [6.07, 6.45) is 2.04. The van der Waals surface area contributed by atoms with Crippen LogP contribution in [-0.2, 0) is 20.8 Å². The lowest BCUT2D eigenvalue weighted by atomic mass is 9.58. The van der Waals surface area contributed by atoms with Crippen molar-refractivity contribution in [1.29, 1.82) is 0 Å². The molecule has 40 heavy (non-hydrogen) atoms. The van der Waals surface area contributed by atoms with Gasteiger partial charge in [-0.3, -0.25) is 24.1 Å². The third-order valence-electron chi connectivity index (χ3n) is 7.86. The fourth-order valence-corrected chi connectivity index (χ4v) is 6.02. The van der Waals surface area contributed by atoms with Gasteiger partial charge in [-0.2, -0.15) is 0 Å². The molecule has 8 N–H and O–H groups in total. The van der Waals surface area contributed by atoms with Crippen LogP contribution in [0.15, 0.2) is 34.8 Å². The molecular weight excluding hydrogens is 544 g/mol. The second-order valence-corrected chi connectivity index (χ2v) is 10.5. The van der Waals surface area contributed by atoms with Crippen molar-refractivity contribution in [2.45, 2.75) is 44.2 Å². The molecule has 12 nitrogen and oxygen atoms in total. The Labute approximate surface area is 237 Å². The minimum Gasteiger partial charge on any atom is -0.510 e. The number of amides is 2. The lowest BCUT2D eigenvalue weighted by Crippen LogP contribution is -2.63. The fourth-order valence-electron chi connectivity index (χ4n) is 6.02. The van der Waals surface area contributed by atoms with E-state index < -0.39 is 69.7 Å². The highest BCUT2D eigenvalue weighted by atomic mass is 35.5. The van der Waals surface area contributed by atoms with Gasteiger partial charge >= 0.3 is 0 Å². The molecule has 0 radical (unpaired) electrons. The second kappa shape index (κ2) is 11.6. The molecule has 3 aliphatic carbocycles. The van der Waals surface area contributed by atoms with Gasteiger partial charge in [0.15, 0.2) is 17.1 Å². The maximum atomic E-state index is 13.7. The minimum absolute atomic E-state index is 0. The Bertz CT molecular complexity index is 1320. The number of primary amides is 1. The molecule has 0 aliphatic heterocycles. The third-order valence-corrected chi connectivity index (χ3v) is 7.86. The summed E-state index contributed by atoms with van der Waals surface area (Å²) in [5, 5.41) is 50.2. The van der Waals surface area contributed by atoms with Crippen LogP contribution in [0.3, 0.4) is 0 Å². The highest BCUT2D eigenvalue weighted by Crippen LogP contribution is 2.52. The summed E-state index contributed by atoms with van der Waals surface area (Å²) in [4.78, 5) is 52.9. The van der Waals surface area contributed by atoms with E-state index >= 15 is 0 Å². The number of aromatic hydroxyl groups is 1. The van der Waals surface area contributed by atoms with Crippen molar-refractivity contribution in [1.82, 2.24) is 10.2 Å². The number of halogens is 1. The summed E-state index contributed by atoms with van der Waals surface area (Å²) >= 11 is 0. The number of phenols is 1. The van der Waals surface area contributed by atoms with Crippen molar-refractivity contribution < 1.29 is 39.6 Å². The van der Waals surface area contributed by atoms with Crippen LogP contribution in [0.2, 0.25) is 0 Å². The lowest BCUT2D eigenvalue weighted by Gasteiger charge is -2.50. The predicted octanol–water partition coefficient (Wildman–Crippen LogP) is 0.871. The number of carbonyl (C=O) groups is 4. The van der Waals surface area contributed by atoms with Crippen molar-refractivity contribution in [2.75, 3.05) is 32.5 Å². The number of phenolic OH excluding ortho intramolecular Hbond substituents is 1. The molecule has 4 rings (SSSR count). The van der Waals surface area contributed by atoms with E-state index in [0.29, 0.717) is 12.1 Å². The Balaban J connectivity index is 0.00000441. The van der Waals surface area contributed by atoms with Crippen LogP contribution in [0.4, 0.5) is 5.69 Å². The van der Waals surface area contributed by atoms with Crippen molar-refractivity contribution in [3.8, 4) is 5.75 Å².